The van der Waals surface area contributed by atoms with Gasteiger partial charge in [-0.05, 0) is 11.1 Å². The van der Waals surface area contributed by atoms with Gasteiger partial charge in [0.2, 0.25) is 0 Å². The number of methoxy groups -OCH3 is 1. The number of rotatable bonds is 11. The summed E-state index contributed by atoms with van der Waals surface area (Å²) in [6, 6.07) is 7.71. The van der Waals surface area contributed by atoms with Gasteiger partial charge in [-0.25, -0.2) is 0 Å². The summed E-state index contributed by atoms with van der Waals surface area (Å²) >= 11 is 0. The minimum absolute atomic E-state index is 0.0112. The number of hydrogen-bond donors (Lipinski definition) is 2. The van der Waals surface area contributed by atoms with Gasteiger partial charge in [-0.3, -0.25) is 0 Å². The van der Waals surface area contributed by atoms with Crippen LogP contribution in [0, 0.1) is 0 Å². The molecule has 0 radical (unpaired) electrons. The third-order valence-electron chi connectivity index (χ3n) is 3.01. The van der Waals surface area contributed by atoms with Crippen LogP contribution in [0.3, 0.4) is 0 Å². The Morgan fingerprint density at radius 2 is 1.81 bits per heavy atom. The van der Waals surface area contributed by atoms with E-state index in [1.54, 1.807) is 6.08 Å². The fourth-order valence-electron chi connectivity index (χ4n) is 1.79. The summed E-state index contributed by atoms with van der Waals surface area (Å²) in [4.78, 5) is 0. The molecule has 0 aliphatic heterocycles. The van der Waals surface area contributed by atoms with Gasteiger partial charge in [0.05, 0.1) is 26.4 Å². The molecule has 1 atom stereocenters. The van der Waals surface area contributed by atoms with Crippen LogP contribution in [0.2, 0.25) is 0 Å². The monoisotopic (exact) mass is 296 g/mol. The third kappa shape index (κ3) is 6.84. The Hall–Kier alpha value is -1.24. The molecule has 0 bridgehead atoms. The van der Waals surface area contributed by atoms with Gasteiger partial charge in [0.15, 0.2) is 5.79 Å². The average Bonchev–Trinajstić information content (AvgIpc) is 2.51. The number of aliphatic hydroxyl groups is 2. The second kappa shape index (κ2) is 9.65. The van der Waals surface area contributed by atoms with Gasteiger partial charge in [0, 0.05) is 13.5 Å². The fraction of sp³-hybridized carbons (Fsp3) is 0.500. The van der Waals surface area contributed by atoms with Crippen LogP contribution in [0.1, 0.15) is 11.1 Å². The lowest BCUT2D eigenvalue weighted by Crippen LogP contribution is -2.39. The zero-order valence-electron chi connectivity index (χ0n) is 12.5. The van der Waals surface area contributed by atoms with Crippen molar-refractivity contribution in [1.29, 1.82) is 0 Å². The molecule has 0 aliphatic rings. The molecule has 118 valence electrons. The van der Waals surface area contributed by atoms with E-state index in [2.05, 4.69) is 6.58 Å². The second-order valence-electron chi connectivity index (χ2n) is 4.66. The average molecular weight is 296 g/mol. The SMILES string of the molecule is C=Cc1ccc(CC(O)(COCCOCCO)OC)cc1. The van der Waals surface area contributed by atoms with Gasteiger partial charge in [-0.15, -0.1) is 0 Å². The van der Waals surface area contributed by atoms with E-state index in [1.807, 2.05) is 24.3 Å². The molecular weight excluding hydrogens is 272 g/mol. The third-order valence-corrected chi connectivity index (χ3v) is 3.01. The van der Waals surface area contributed by atoms with Crippen LogP contribution in [-0.2, 0) is 20.6 Å². The van der Waals surface area contributed by atoms with Crippen molar-refractivity contribution in [3.05, 3.63) is 42.0 Å². The topological polar surface area (TPSA) is 68.2 Å². The largest absolute Gasteiger partial charge is 0.394 e. The molecule has 0 saturated heterocycles. The molecule has 0 fully saturated rings. The highest BCUT2D eigenvalue weighted by molar-refractivity contribution is 5.47. The Bertz CT molecular complexity index is 404. The van der Waals surface area contributed by atoms with Crippen molar-refractivity contribution in [2.45, 2.75) is 12.2 Å². The minimum atomic E-state index is -1.37. The minimum Gasteiger partial charge on any atom is -0.394 e. The van der Waals surface area contributed by atoms with E-state index in [0.29, 0.717) is 19.6 Å². The van der Waals surface area contributed by atoms with Crippen molar-refractivity contribution in [2.24, 2.45) is 0 Å². The van der Waals surface area contributed by atoms with Crippen LogP contribution in [0.4, 0.5) is 0 Å². The van der Waals surface area contributed by atoms with Gasteiger partial charge in [-0.2, -0.15) is 0 Å². The number of benzene rings is 1. The van der Waals surface area contributed by atoms with Crippen LogP contribution in [0.15, 0.2) is 30.8 Å². The van der Waals surface area contributed by atoms with Crippen molar-refractivity contribution in [1.82, 2.24) is 0 Å². The molecule has 21 heavy (non-hydrogen) atoms. The molecule has 0 spiro atoms. The zero-order valence-corrected chi connectivity index (χ0v) is 12.5. The molecule has 0 heterocycles. The molecule has 5 nitrogen and oxygen atoms in total. The molecule has 1 aromatic rings. The van der Waals surface area contributed by atoms with Gasteiger partial charge in [0.25, 0.3) is 0 Å². The molecule has 0 aromatic heterocycles. The highest BCUT2D eigenvalue weighted by atomic mass is 16.6. The van der Waals surface area contributed by atoms with Gasteiger partial charge < -0.3 is 24.4 Å². The maximum Gasteiger partial charge on any atom is 0.193 e. The second-order valence-corrected chi connectivity index (χ2v) is 4.66. The smallest absolute Gasteiger partial charge is 0.193 e. The van der Waals surface area contributed by atoms with Crippen molar-refractivity contribution < 1.29 is 24.4 Å². The first kappa shape index (κ1) is 17.8. The Kier molecular flexibility index (Phi) is 8.19. The molecule has 0 aliphatic carbocycles. The molecule has 0 amide bonds. The predicted molar refractivity (Wildman–Crippen MR) is 80.9 cm³/mol. The van der Waals surface area contributed by atoms with Crippen LogP contribution >= 0.6 is 0 Å². The molecule has 1 aromatic carbocycles. The summed E-state index contributed by atoms with van der Waals surface area (Å²) in [6.45, 7) is 4.73. The molecular formula is C16H24O5. The maximum atomic E-state index is 10.4. The lowest BCUT2D eigenvalue weighted by molar-refractivity contribution is -0.217. The Labute approximate surface area is 125 Å². The number of ether oxygens (including phenoxy) is 3. The summed E-state index contributed by atoms with van der Waals surface area (Å²) in [7, 11) is 1.45. The van der Waals surface area contributed by atoms with Crippen LogP contribution < -0.4 is 0 Å². The summed E-state index contributed by atoms with van der Waals surface area (Å²) in [5.41, 5.74) is 1.97. The first-order chi connectivity index (χ1) is 10.1. The van der Waals surface area contributed by atoms with Gasteiger partial charge >= 0.3 is 0 Å². The van der Waals surface area contributed by atoms with Crippen molar-refractivity contribution in [2.75, 3.05) is 40.1 Å². The summed E-state index contributed by atoms with van der Waals surface area (Å²) < 4.78 is 15.6. The Morgan fingerprint density at radius 3 is 2.38 bits per heavy atom. The molecule has 5 heteroatoms. The van der Waals surface area contributed by atoms with E-state index in [0.717, 1.165) is 11.1 Å². The predicted octanol–water partition coefficient (Wildman–Crippen LogP) is 1.23. The Balaban J connectivity index is 2.41. The molecule has 2 N–H and O–H groups in total. The molecule has 0 saturated carbocycles. The quantitative estimate of drug-likeness (QED) is 0.475. The van der Waals surface area contributed by atoms with E-state index >= 15 is 0 Å². The van der Waals surface area contributed by atoms with Crippen LogP contribution in [-0.4, -0.2) is 56.1 Å². The van der Waals surface area contributed by atoms with E-state index in [4.69, 9.17) is 19.3 Å². The maximum absolute atomic E-state index is 10.4. The number of hydrogen-bond acceptors (Lipinski definition) is 5. The van der Waals surface area contributed by atoms with E-state index in [-0.39, 0.29) is 19.8 Å². The van der Waals surface area contributed by atoms with E-state index < -0.39 is 5.79 Å². The van der Waals surface area contributed by atoms with Gasteiger partial charge in [-0.1, -0.05) is 36.9 Å². The summed E-state index contributed by atoms with van der Waals surface area (Å²) in [6.07, 6.45) is 2.10. The lowest BCUT2D eigenvalue weighted by atomic mass is 10.0. The standard InChI is InChI=1S/C16H24O5/c1-3-14-4-6-15(7-5-14)12-16(18,19-2)13-21-11-10-20-9-8-17/h3-7,17-18H,1,8-13H2,2H3. The van der Waals surface area contributed by atoms with Crippen LogP contribution in [0.5, 0.6) is 0 Å². The Morgan fingerprint density at radius 1 is 1.14 bits per heavy atom. The summed E-state index contributed by atoms with van der Waals surface area (Å²) in [5.74, 6) is -1.37. The highest BCUT2D eigenvalue weighted by Crippen LogP contribution is 2.16. The zero-order chi connectivity index (χ0) is 15.6. The van der Waals surface area contributed by atoms with E-state index in [9.17, 15) is 5.11 Å². The first-order valence-corrected chi connectivity index (χ1v) is 6.89. The molecule has 1 unspecified atom stereocenters. The van der Waals surface area contributed by atoms with Crippen molar-refractivity contribution >= 4 is 6.08 Å². The van der Waals surface area contributed by atoms with Crippen LogP contribution in [0.25, 0.3) is 6.08 Å². The summed E-state index contributed by atoms with van der Waals surface area (Å²) in [5, 5.41) is 18.9. The van der Waals surface area contributed by atoms with E-state index in [1.165, 1.54) is 7.11 Å². The van der Waals surface area contributed by atoms with Crippen molar-refractivity contribution in [3.63, 3.8) is 0 Å². The first-order valence-electron chi connectivity index (χ1n) is 6.89. The van der Waals surface area contributed by atoms with Gasteiger partial charge in [0.1, 0.15) is 6.61 Å². The lowest BCUT2D eigenvalue weighted by Gasteiger charge is -2.26. The normalized spacial score (nSPS) is 13.9. The fourth-order valence-corrected chi connectivity index (χ4v) is 1.79. The number of aliphatic hydroxyl groups excluding tert-OH is 1. The van der Waals surface area contributed by atoms with Crippen molar-refractivity contribution in [3.8, 4) is 0 Å². The highest BCUT2D eigenvalue weighted by Gasteiger charge is 2.27. The molecule has 1 rings (SSSR count).